The van der Waals surface area contributed by atoms with Crippen LogP contribution in [0.1, 0.15) is 5.56 Å². The molecule has 0 saturated heterocycles. The van der Waals surface area contributed by atoms with E-state index in [0.717, 1.165) is 33.0 Å². The van der Waals surface area contributed by atoms with E-state index in [9.17, 15) is 0 Å². The Kier molecular flexibility index (Phi) is 4.50. The molecule has 1 N–H and O–H groups in total. The Morgan fingerprint density at radius 2 is 2.06 bits per heavy atom. The van der Waals surface area contributed by atoms with E-state index < -0.39 is 0 Å². The molecule has 0 radical (unpaired) electrons. The third kappa shape index (κ3) is 3.40. The van der Waals surface area contributed by atoms with Crippen LogP contribution < -0.4 is 10.1 Å². The van der Waals surface area contributed by atoms with Gasteiger partial charge in [-0.1, -0.05) is 23.7 Å². The monoisotopic (exact) mass is 325 g/mol. The molecule has 2 aromatic rings. The summed E-state index contributed by atoms with van der Waals surface area (Å²) in [6.07, 6.45) is 0. The van der Waals surface area contributed by atoms with Crippen LogP contribution >= 0.6 is 27.5 Å². The third-order valence-corrected chi connectivity index (χ3v) is 3.44. The van der Waals surface area contributed by atoms with Crippen molar-refractivity contribution in [2.24, 2.45) is 0 Å². The summed E-state index contributed by atoms with van der Waals surface area (Å²) in [4.78, 5) is 0. The van der Waals surface area contributed by atoms with E-state index in [1.165, 1.54) is 0 Å². The summed E-state index contributed by atoms with van der Waals surface area (Å²) < 4.78 is 6.13. The molecule has 0 aliphatic carbocycles. The SMILES string of the molecule is COc1ccc(NCc2cccc(Cl)c2)c(Br)c1. The van der Waals surface area contributed by atoms with Crippen LogP contribution in [-0.2, 0) is 6.54 Å². The topological polar surface area (TPSA) is 21.3 Å². The van der Waals surface area contributed by atoms with Gasteiger partial charge in [0.2, 0.25) is 0 Å². The molecule has 4 heteroatoms. The van der Waals surface area contributed by atoms with Gasteiger partial charge in [-0.05, 0) is 51.8 Å². The number of halogens is 2. The molecular weight excluding hydrogens is 314 g/mol. The predicted octanol–water partition coefficient (Wildman–Crippen LogP) is 4.72. The van der Waals surface area contributed by atoms with Crippen molar-refractivity contribution >= 4 is 33.2 Å². The number of rotatable bonds is 4. The first kappa shape index (κ1) is 13.2. The molecule has 18 heavy (non-hydrogen) atoms. The highest BCUT2D eigenvalue weighted by Crippen LogP contribution is 2.27. The molecule has 0 fully saturated rings. The number of hydrogen-bond acceptors (Lipinski definition) is 2. The van der Waals surface area contributed by atoms with Crippen molar-refractivity contribution < 1.29 is 4.74 Å². The molecule has 0 spiro atoms. The average molecular weight is 327 g/mol. The van der Waals surface area contributed by atoms with E-state index in [2.05, 4.69) is 21.2 Å². The second-order valence-corrected chi connectivity index (χ2v) is 5.12. The first-order valence-electron chi connectivity index (χ1n) is 5.51. The highest BCUT2D eigenvalue weighted by Gasteiger charge is 2.02. The molecule has 2 rings (SSSR count). The van der Waals surface area contributed by atoms with Crippen molar-refractivity contribution in [3.63, 3.8) is 0 Å². The average Bonchev–Trinajstić information content (AvgIpc) is 2.37. The Morgan fingerprint density at radius 1 is 1.22 bits per heavy atom. The fourth-order valence-corrected chi connectivity index (χ4v) is 2.32. The first-order chi connectivity index (χ1) is 8.69. The maximum Gasteiger partial charge on any atom is 0.120 e. The van der Waals surface area contributed by atoms with Gasteiger partial charge in [0.1, 0.15) is 5.75 Å². The number of benzene rings is 2. The Bertz CT molecular complexity index is 545. The van der Waals surface area contributed by atoms with Crippen molar-refractivity contribution in [1.29, 1.82) is 0 Å². The Morgan fingerprint density at radius 3 is 2.72 bits per heavy atom. The largest absolute Gasteiger partial charge is 0.497 e. The lowest BCUT2D eigenvalue weighted by molar-refractivity contribution is 0.414. The van der Waals surface area contributed by atoms with Crippen LogP contribution in [0.3, 0.4) is 0 Å². The fraction of sp³-hybridized carbons (Fsp3) is 0.143. The van der Waals surface area contributed by atoms with E-state index in [4.69, 9.17) is 16.3 Å². The van der Waals surface area contributed by atoms with Crippen LogP contribution in [0.25, 0.3) is 0 Å². The molecule has 2 nitrogen and oxygen atoms in total. The van der Waals surface area contributed by atoms with Gasteiger partial charge in [-0.2, -0.15) is 0 Å². The summed E-state index contributed by atoms with van der Waals surface area (Å²) in [5.41, 5.74) is 2.17. The fourth-order valence-electron chi connectivity index (χ4n) is 1.61. The van der Waals surface area contributed by atoms with E-state index in [1.807, 2.05) is 42.5 Å². The highest BCUT2D eigenvalue weighted by atomic mass is 79.9. The van der Waals surface area contributed by atoms with E-state index in [-0.39, 0.29) is 0 Å². The van der Waals surface area contributed by atoms with Gasteiger partial charge in [-0.25, -0.2) is 0 Å². The van der Waals surface area contributed by atoms with Gasteiger partial charge < -0.3 is 10.1 Å². The van der Waals surface area contributed by atoms with E-state index in [1.54, 1.807) is 7.11 Å². The van der Waals surface area contributed by atoms with Gasteiger partial charge >= 0.3 is 0 Å². The minimum atomic E-state index is 0.728. The zero-order valence-corrected chi connectivity index (χ0v) is 12.3. The Balaban J connectivity index is 2.06. The van der Waals surface area contributed by atoms with Gasteiger partial charge in [0.05, 0.1) is 7.11 Å². The normalized spacial score (nSPS) is 10.2. The molecular formula is C14H13BrClNO. The molecule has 94 valence electrons. The number of hydrogen-bond donors (Lipinski definition) is 1. The lowest BCUT2D eigenvalue weighted by atomic mass is 10.2. The van der Waals surface area contributed by atoms with Crippen molar-refractivity contribution in [3.8, 4) is 5.75 Å². The molecule has 2 aromatic carbocycles. The van der Waals surface area contributed by atoms with Crippen LogP contribution in [0, 0.1) is 0 Å². The van der Waals surface area contributed by atoms with Gasteiger partial charge in [0, 0.05) is 21.7 Å². The lowest BCUT2D eigenvalue weighted by Gasteiger charge is -2.10. The number of anilines is 1. The molecule has 0 atom stereocenters. The summed E-state index contributed by atoms with van der Waals surface area (Å²) in [6, 6.07) is 13.6. The van der Waals surface area contributed by atoms with Crippen LogP contribution in [-0.4, -0.2) is 7.11 Å². The predicted molar refractivity (Wildman–Crippen MR) is 79.5 cm³/mol. The molecule has 0 aliphatic rings. The number of nitrogens with one attached hydrogen (secondary N) is 1. The van der Waals surface area contributed by atoms with Crippen LogP contribution in [0.5, 0.6) is 5.75 Å². The van der Waals surface area contributed by atoms with E-state index in [0.29, 0.717) is 0 Å². The molecule has 0 heterocycles. The molecule has 0 unspecified atom stereocenters. The van der Waals surface area contributed by atoms with Gasteiger partial charge in [0.25, 0.3) is 0 Å². The molecule has 0 aromatic heterocycles. The maximum absolute atomic E-state index is 5.94. The van der Waals surface area contributed by atoms with Gasteiger partial charge in [0.15, 0.2) is 0 Å². The number of ether oxygens (including phenoxy) is 1. The Labute approximate surface area is 120 Å². The standard InChI is InChI=1S/C14H13BrClNO/c1-18-12-5-6-14(13(15)8-12)17-9-10-3-2-4-11(16)7-10/h2-8,17H,9H2,1H3. The molecule has 0 saturated carbocycles. The molecule has 0 bridgehead atoms. The van der Waals surface area contributed by atoms with Crippen molar-refractivity contribution in [2.45, 2.75) is 6.54 Å². The Hall–Kier alpha value is -1.19. The quantitative estimate of drug-likeness (QED) is 0.877. The van der Waals surface area contributed by atoms with Gasteiger partial charge in [-0.15, -0.1) is 0 Å². The zero-order valence-electron chi connectivity index (χ0n) is 9.91. The summed E-state index contributed by atoms with van der Waals surface area (Å²) in [6.45, 7) is 0.728. The third-order valence-electron chi connectivity index (χ3n) is 2.55. The van der Waals surface area contributed by atoms with Crippen LogP contribution in [0.15, 0.2) is 46.9 Å². The summed E-state index contributed by atoms with van der Waals surface area (Å²) >= 11 is 9.45. The second-order valence-electron chi connectivity index (χ2n) is 3.83. The maximum atomic E-state index is 5.94. The zero-order chi connectivity index (χ0) is 13.0. The summed E-state index contributed by atoms with van der Waals surface area (Å²) in [5, 5.41) is 4.10. The van der Waals surface area contributed by atoms with Crippen molar-refractivity contribution in [1.82, 2.24) is 0 Å². The second kappa shape index (κ2) is 6.12. The van der Waals surface area contributed by atoms with Crippen molar-refractivity contribution in [3.05, 3.63) is 57.5 Å². The first-order valence-corrected chi connectivity index (χ1v) is 6.68. The van der Waals surface area contributed by atoms with Crippen LogP contribution in [0.2, 0.25) is 5.02 Å². The van der Waals surface area contributed by atoms with Gasteiger partial charge in [-0.3, -0.25) is 0 Å². The van der Waals surface area contributed by atoms with E-state index >= 15 is 0 Å². The van der Waals surface area contributed by atoms with Crippen LogP contribution in [0.4, 0.5) is 5.69 Å². The summed E-state index contributed by atoms with van der Waals surface area (Å²) in [7, 11) is 1.65. The lowest BCUT2D eigenvalue weighted by Crippen LogP contribution is -2.00. The molecule has 0 aliphatic heterocycles. The van der Waals surface area contributed by atoms with Crippen molar-refractivity contribution in [2.75, 3.05) is 12.4 Å². The minimum Gasteiger partial charge on any atom is -0.497 e. The smallest absolute Gasteiger partial charge is 0.120 e. The summed E-state index contributed by atoms with van der Waals surface area (Å²) in [5.74, 6) is 0.829. The highest BCUT2D eigenvalue weighted by molar-refractivity contribution is 9.10. The minimum absolute atomic E-state index is 0.728. The number of methoxy groups -OCH3 is 1. The molecule has 0 amide bonds.